The monoisotopic (exact) mass is 1040 g/mol. The highest BCUT2D eigenvalue weighted by Gasteiger charge is 2.37. The summed E-state index contributed by atoms with van der Waals surface area (Å²) in [5, 5.41) is 75.7. The Bertz CT molecular complexity index is 3590. The van der Waals surface area contributed by atoms with Crippen LogP contribution in [0, 0.1) is 52.2 Å². The molecule has 0 aliphatic carbocycles. The maximum absolute atomic E-state index is 11.7. The van der Waals surface area contributed by atoms with Gasteiger partial charge in [-0.25, -0.2) is 19.2 Å². The summed E-state index contributed by atoms with van der Waals surface area (Å²) in [5.41, 5.74) is 11.8. The van der Waals surface area contributed by atoms with Crippen molar-refractivity contribution in [2.75, 3.05) is 4.90 Å². The number of hydrogen-bond acceptors (Lipinski definition) is 9. The molecule has 0 aromatic heterocycles. The van der Waals surface area contributed by atoms with Crippen LogP contribution < -0.4 is 4.90 Å². The molecule has 7 aromatic rings. The highest BCUT2D eigenvalue weighted by atomic mass is 16.4. The van der Waals surface area contributed by atoms with Crippen LogP contribution in [0.2, 0.25) is 0 Å². The van der Waals surface area contributed by atoms with Crippen molar-refractivity contribution in [2.45, 2.75) is 26.2 Å². The number of fused-ring (bicyclic) bond motifs is 2. The maximum Gasteiger partial charge on any atom is 0.346 e. The minimum absolute atomic E-state index is 0.419. The number of nitrogens with zero attached hydrogens (tertiary/aromatic N) is 5. The summed E-state index contributed by atoms with van der Waals surface area (Å²) in [6.45, 7) is 6.35. The molecule has 8 rings (SSSR count). The Morgan fingerprint density at radius 2 is 0.658 bits per heavy atom. The van der Waals surface area contributed by atoms with Crippen LogP contribution in [-0.4, -0.2) is 44.3 Å². The second kappa shape index (κ2) is 23.0. The van der Waals surface area contributed by atoms with Gasteiger partial charge in [0.1, 0.15) is 46.6 Å². The molecule has 0 fully saturated rings. The van der Waals surface area contributed by atoms with E-state index in [0.717, 1.165) is 78.3 Å². The average Bonchev–Trinajstić information content (AvgIpc) is 3.64. The van der Waals surface area contributed by atoms with Crippen LogP contribution in [0.1, 0.15) is 86.2 Å². The Kier molecular flexibility index (Phi) is 15.7. The highest BCUT2D eigenvalue weighted by Crippen LogP contribution is 2.53. The van der Waals surface area contributed by atoms with E-state index < -0.39 is 51.6 Å². The van der Waals surface area contributed by atoms with Crippen LogP contribution in [0.25, 0.3) is 47.6 Å². The van der Waals surface area contributed by atoms with E-state index in [0.29, 0.717) is 22.3 Å². The van der Waals surface area contributed by atoms with Crippen molar-refractivity contribution in [2.24, 2.45) is 0 Å². The van der Waals surface area contributed by atoms with Crippen molar-refractivity contribution >= 4 is 88.5 Å². The fourth-order valence-corrected chi connectivity index (χ4v) is 9.19. The molecule has 0 saturated carbocycles. The van der Waals surface area contributed by atoms with Crippen LogP contribution >= 0.6 is 0 Å². The Balaban J connectivity index is 1.29. The van der Waals surface area contributed by atoms with E-state index >= 15 is 0 Å². The molecule has 1 aliphatic heterocycles. The highest BCUT2D eigenvalue weighted by molar-refractivity contribution is 6.00. The first-order chi connectivity index (χ1) is 37.9. The van der Waals surface area contributed by atoms with Gasteiger partial charge < -0.3 is 25.3 Å². The van der Waals surface area contributed by atoms with Gasteiger partial charge in [0.2, 0.25) is 0 Å². The Morgan fingerprint density at radius 3 is 0.911 bits per heavy atom. The summed E-state index contributed by atoms with van der Waals surface area (Å²) in [5.74, 6) is -5.38. The normalized spacial score (nSPS) is 12.7. The summed E-state index contributed by atoms with van der Waals surface area (Å²) in [6, 6.07) is 56.0. The number of hydrogen-bond donors (Lipinski definition) is 4. The van der Waals surface area contributed by atoms with Gasteiger partial charge in [-0.15, -0.1) is 0 Å². The molecule has 0 unspecified atom stereocenters. The van der Waals surface area contributed by atoms with Gasteiger partial charge in [-0.05, 0) is 158 Å². The van der Waals surface area contributed by atoms with E-state index in [4.69, 9.17) is 0 Å². The van der Waals surface area contributed by atoms with Gasteiger partial charge >= 0.3 is 23.9 Å². The predicted octanol–water partition coefficient (Wildman–Crippen LogP) is 13.2. The second-order valence-electron chi connectivity index (χ2n) is 18.9. The number of carboxylic acids is 4. The minimum Gasteiger partial charge on any atom is -0.477 e. The van der Waals surface area contributed by atoms with E-state index in [-0.39, 0.29) is 0 Å². The van der Waals surface area contributed by atoms with Crippen LogP contribution in [0.5, 0.6) is 0 Å². The summed E-state index contributed by atoms with van der Waals surface area (Å²) in [4.78, 5) is 48.9. The Hall–Kier alpha value is -11.4. The van der Waals surface area contributed by atoms with E-state index in [1.165, 1.54) is 24.3 Å². The number of carboxylic acid groups (broad SMARTS) is 4. The van der Waals surface area contributed by atoms with Crippen LogP contribution in [-0.2, 0) is 24.6 Å². The fourth-order valence-electron chi connectivity index (χ4n) is 9.19. The molecule has 4 N–H and O–H groups in total. The van der Waals surface area contributed by atoms with E-state index in [9.17, 15) is 60.7 Å². The van der Waals surface area contributed by atoms with Crippen LogP contribution in [0.4, 0.5) is 17.1 Å². The molecular formula is C66H45N5O8. The van der Waals surface area contributed by atoms with Crippen molar-refractivity contribution in [1.82, 2.24) is 0 Å². The zero-order valence-corrected chi connectivity index (χ0v) is 42.6. The first kappa shape index (κ1) is 53.9. The van der Waals surface area contributed by atoms with Crippen LogP contribution in [0.3, 0.4) is 0 Å². The van der Waals surface area contributed by atoms with Gasteiger partial charge in [0, 0.05) is 11.1 Å². The van der Waals surface area contributed by atoms with Gasteiger partial charge in [-0.1, -0.05) is 141 Å². The van der Waals surface area contributed by atoms with Gasteiger partial charge in [-0.2, -0.15) is 21.0 Å². The summed E-state index contributed by atoms with van der Waals surface area (Å²) in [7, 11) is 0. The molecule has 0 amide bonds. The molecule has 7 aromatic carbocycles. The molecule has 0 spiro atoms. The Labute approximate surface area is 455 Å². The predicted molar refractivity (Wildman–Crippen MR) is 303 cm³/mol. The lowest BCUT2D eigenvalue weighted by atomic mass is 9.72. The standard InChI is InChI=1S/C66H45N5O8/c1-40-4-24-55(25-5-40)71-60-26-14-45(32-56(47-16-6-41(7-17-47)28-51(36-67)62(72)73)48-18-8-42(9-19-48)29-52(37-68)63(74)75)34-58(60)66(2,3)59-35-46(15-27-61(59)71)33-57(49-20-10-43(11-21-49)30-53(38-69)64(76)77)50-22-12-44(13-23-50)31-54(39-70)65(78)79/h4-35H,1-3H3,(H,72,73)(H,74,75)(H,76,77)(H,78,79)/b51-28+,52-29+,53-30+,54-31+. The first-order valence-corrected chi connectivity index (χ1v) is 24.3. The number of aliphatic carboxylic acids is 4. The summed E-state index contributed by atoms with van der Waals surface area (Å²) >= 11 is 0. The fraction of sp³-hybridized carbons (Fsp3) is 0.0606. The second-order valence-corrected chi connectivity index (χ2v) is 18.9. The van der Waals surface area contributed by atoms with Crippen molar-refractivity contribution < 1.29 is 39.6 Å². The molecule has 0 radical (unpaired) electrons. The van der Waals surface area contributed by atoms with Crippen LogP contribution in [0.15, 0.2) is 180 Å². The van der Waals surface area contributed by atoms with Gasteiger partial charge in [0.15, 0.2) is 0 Å². The molecule has 382 valence electrons. The number of nitriles is 4. The van der Waals surface area contributed by atoms with E-state index in [2.05, 4.69) is 67.3 Å². The molecule has 0 bridgehead atoms. The number of anilines is 3. The lowest BCUT2D eigenvalue weighted by molar-refractivity contribution is -0.133. The molecule has 1 aliphatic rings. The van der Waals surface area contributed by atoms with Crippen molar-refractivity contribution in [3.8, 4) is 24.3 Å². The third kappa shape index (κ3) is 11.9. The summed E-state index contributed by atoms with van der Waals surface area (Å²) < 4.78 is 0. The van der Waals surface area contributed by atoms with Crippen molar-refractivity contribution in [3.63, 3.8) is 0 Å². The van der Waals surface area contributed by atoms with Crippen molar-refractivity contribution in [3.05, 3.63) is 252 Å². The molecule has 13 nitrogen and oxygen atoms in total. The quantitative estimate of drug-likeness (QED) is 0.0424. The third-order valence-electron chi connectivity index (χ3n) is 13.3. The SMILES string of the molecule is Cc1ccc(N2c3ccc(C=C(c4ccc(/C=C(\C#N)C(=O)O)cc4)c4ccc(/C=C(\C#N)C(=O)O)cc4)cc3C(C)(C)c3cc(C=C(c4ccc(/C=C(\C#N)C(=O)O)cc4)c4ccc(/C=C(\C#N)C(=O)O)cc4)ccc32)cc1. The molecule has 0 saturated heterocycles. The average molecular weight is 1040 g/mol. The van der Waals surface area contributed by atoms with Gasteiger partial charge in [0.05, 0.1) is 11.4 Å². The first-order valence-electron chi connectivity index (χ1n) is 24.3. The molecule has 1 heterocycles. The lowest BCUT2D eigenvalue weighted by Gasteiger charge is -2.42. The zero-order chi connectivity index (χ0) is 56.5. The smallest absolute Gasteiger partial charge is 0.346 e. The molecule has 0 atom stereocenters. The van der Waals surface area contributed by atoms with Crippen molar-refractivity contribution in [1.29, 1.82) is 21.0 Å². The molecular weight excluding hydrogens is 991 g/mol. The lowest BCUT2D eigenvalue weighted by Crippen LogP contribution is -2.30. The Morgan fingerprint density at radius 1 is 0.392 bits per heavy atom. The number of benzene rings is 7. The maximum atomic E-state index is 11.7. The number of carbonyl (C=O) groups is 4. The van der Waals surface area contributed by atoms with E-state index in [1.54, 1.807) is 72.8 Å². The molecule has 13 heteroatoms. The van der Waals surface area contributed by atoms with Gasteiger partial charge in [-0.3, -0.25) is 0 Å². The largest absolute Gasteiger partial charge is 0.477 e. The number of aryl methyl sites for hydroxylation is 1. The topological polar surface area (TPSA) is 248 Å². The number of rotatable bonds is 15. The molecule has 79 heavy (non-hydrogen) atoms. The summed E-state index contributed by atoms with van der Waals surface area (Å²) in [6.07, 6.45) is 9.23. The minimum atomic E-state index is -1.35. The van der Waals surface area contributed by atoms with E-state index in [1.807, 2.05) is 79.7 Å². The zero-order valence-electron chi connectivity index (χ0n) is 42.6. The van der Waals surface area contributed by atoms with Gasteiger partial charge in [0.25, 0.3) is 0 Å². The third-order valence-corrected chi connectivity index (χ3v) is 13.3.